The van der Waals surface area contributed by atoms with Crippen LogP contribution >= 0.6 is 0 Å². The number of para-hydroxylation sites is 2. The molecule has 1 atom stereocenters. The highest BCUT2D eigenvalue weighted by atomic mass is 16.5. The van der Waals surface area contributed by atoms with Crippen molar-refractivity contribution in [3.05, 3.63) is 84.9 Å². The van der Waals surface area contributed by atoms with Crippen LogP contribution in [0.3, 0.4) is 0 Å². The summed E-state index contributed by atoms with van der Waals surface area (Å²) in [5, 5.41) is 12.6. The molecule has 9 nitrogen and oxygen atoms in total. The van der Waals surface area contributed by atoms with Gasteiger partial charge in [0, 0.05) is 6.07 Å². The molecule has 0 aliphatic carbocycles. The first-order valence-electron chi connectivity index (χ1n) is 10.4. The summed E-state index contributed by atoms with van der Waals surface area (Å²) in [5.41, 5.74) is 2.25. The minimum Gasteiger partial charge on any atom is -0.481 e. The Balaban J connectivity index is 1.47. The van der Waals surface area contributed by atoms with Crippen LogP contribution < -0.4 is 10.1 Å². The van der Waals surface area contributed by atoms with Crippen molar-refractivity contribution in [3.63, 3.8) is 0 Å². The zero-order valence-electron chi connectivity index (χ0n) is 18.1. The molecule has 0 fully saturated rings. The van der Waals surface area contributed by atoms with E-state index in [-0.39, 0.29) is 5.91 Å². The molecule has 3 aromatic heterocycles. The third kappa shape index (κ3) is 4.03. The van der Waals surface area contributed by atoms with Crippen molar-refractivity contribution in [2.24, 2.45) is 0 Å². The predicted octanol–water partition coefficient (Wildman–Crippen LogP) is 3.72. The zero-order chi connectivity index (χ0) is 22.8. The molecule has 1 N–H and O–H groups in total. The van der Waals surface area contributed by atoms with Crippen molar-refractivity contribution in [2.75, 3.05) is 5.32 Å². The molecule has 9 heteroatoms. The quantitative estimate of drug-likeness (QED) is 0.433. The highest BCUT2D eigenvalue weighted by Gasteiger charge is 2.20. The SMILES string of the molecule is Cc1cc(NC(=O)C(C)Oc2ccccc2)n(-c2ncnc3c2cnn3-c2ccccc2)n1. The standard InChI is InChI=1S/C24H21N7O2/c1-16-13-21(28-24(32)17(2)33-19-11-7-4-8-12-19)31(29-16)23-20-14-27-30(22(20)25-15-26-23)18-9-5-3-6-10-18/h3-15,17H,1-2H3,(H,28,32). The van der Waals surface area contributed by atoms with E-state index in [9.17, 15) is 4.79 Å². The highest BCUT2D eigenvalue weighted by molar-refractivity contribution is 5.94. The maximum atomic E-state index is 12.8. The fourth-order valence-electron chi connectivity index (χ4n) is 3.49. The molecule has 5 rings (SSSR count). The summed E-state index contributed by atoms with van der Waals surface area (Å²) >= 11 is 0. The Kier molecular flexibility index (Phi) is 5.27. The van der Waals surface area contributed by atoms with E-state index in [0.717, 1.165) is 11.4 Å². The number of hydrogen-bond donors (Lipinski definition) is 1. The monoisotopic (exact) mass is 439 g/mol. The number of aryl methyl sites for hydroxylation is 1. The zero-order valence-corrected chi connectivity index (χ0v) is 18.1. The van der Waals surface area contributed by atoms with Crippen LogP contribution in [0.25, 0.3) is 22.5 Å². The normalized spacial score (nSPS) is 11.9. The molecule has 1 unspecified atom stereocenters. The number of amides is 1. The lowest BCUT2D eigenvalue weighted by Gasteiger charge is -2.15. The Bertz CT molecular complexity index is 1410. The van der Waals surface area contributed by atoms with Gasteiger partial charge >= 0.3 is 0 Å². The van der Waals surface area contributed by atoms with Gasteiger partial charge in [-0.05, 0) is 38.1 Å². The van der Waals surface area contributed by atoms with Gasteiger partial charge in [0.1, 0.15) is 17.9 Å². The molecule has 5 aromatic rings. The molecular weight excluding hydrogens is 418 g/mol. The molecule has 0 bridgehead atoms. The summed E-state index contributed by atoms with van der Waals surface area (Å²) in [6.45, 7) is 3.55. The first-order chi connectivity index (χ1) is 16.1. The number of rotatable bonds is 6. The van der Waals surface area contributed by atoms with Gasteiger partial charge in [-0.3, -0.25) is 4.79 Å². The van der Waals surface area contributed by atoms with Crippen LogP contribution in [0.2, 0.25) is 0 Å². The van der Waals surface area contributed by atoms with Gasteiger partial charge in [0.05, 0.1) is 23.0 Å². The number of nitrogens with zero attached hydrogens (tertiary/aromatic N) is 6. The summed E-state index contributed by atoms with van der Waals surface area (Å²) in [6.07, 6.45) is 2.45. The summed E-state index contributed by atoms with van der Waals surface area (Å²) in [4.78, 5) is 21.7. The Hall–Kier alpha value is -4.53. The molecule has 0 saturated heterocycles. The smallest absolute Gasteiger partial charge is 0.266 e. The molecule has 3 heterocycles. The molecule has 33 heavy (non-hydrogen) atoms. The molecule has 0 radical (unpaired) electrons. The third-order valence-corrected chi connectivity index (χ3v) is 5.05. The van der Waals surface area contributed by atoms with Crippen molar-refractivity contribution in [1.29, 1.82) is 0 Å². The van der Waals surface area contributed by atoms with Crippen molar-refractivity contribution in [1.82, 2.24) is 29.5 Å². The van der Waals surface area contributed by atoms with E-state index in [1.807, 2.05) is 55.5 Å². The van der Waals surface area contributed by atoms with E-state index >= 15 is 0 Å². The fraction of sp³-hybridized carbons (Fsp3) is 0.125. The van der Waals surface area contributed by atoms with E-state index in [0.29, 0.717) is 28.4 Å². The Labute approximate surface area is 189 Å². The van der Waals surface area contributed by atoms with E-state index in [4.69, 9.17) is 4.74 Å². The summed E-state index contributed by atoms with van der Waals surface area (Å²) < 4.78 is 9.07. The van der Waals surface area contributed by atoms with Gasteiger partial charge < -0.3 is 10.1 Å². The lowest BCUT2D eigenvalue weighted by atomic mass is 10.3. The van der Waals surface area contributed by atoms with E-state index in [1.165, 1.54) is 6.33 Å². The molecule has 2 aromatic carbocycles. The number of aromatic nitrogens is 6. The second-order valence-electron chi connectivity index (χ2n) is 7.47. The van der Waals surface area contributed by atoms with Crippen LogP contribution in [0, 0.1) is 6.92 Å². The Morgan fingerprint density at radius 2 is 1.73 bits per heavy atom. The average molecular weight is 439 g/mol. The van der Waals surface area contributed by atoms with Gasteiger partial charge in [-0.1, -0.05) is 36.4 Å². The molecule has 0 saturated carbocycles. The van der Waals surface area contributed by atoms with Crippen LogP contribution in [0.1, 0.15) is 12.6 Å². The van der Waals surface area contributed by atoms with Gasteiger partial charge in [0.15, 0.2) is 17.6 Å². The highest BCUT2D eigenvalue weighted by Crippen LogP contribution is 2.24. The summed E-state index contributed by atoms with van der Waals surface area (Å²) in [7, 11) is 0. The van der Waals surface area contributed by atoms with Crippen molar-refractivity contribution >= 4 is 22.8 Å². The Morgan fingerprint density at radius 1 is 1.00 bits per heavy atom. The number of ether oxygens (including phenoxy) is 1. The van der Waals surface area contributed by atoms with Crippen molar-refractivity contribution in [3.8, 4) is 17.3 Å². The van der Waals surface area contributed by atoms with Gasteiger partial charge in [-0.2, -0.15) is 14.9 Å². The molecule has 1 amide bonds. The van der Waals surface area contributed by atoms with E-state index in [2.05, 4.69) is 25.5 Å². The lowest BCUT2D eigenvalue weighted by molar-refractivity contribution is -0.122. The number of fused-ring (bicyclic) bond motifs is 1. The van der Waals surface area contributed by atoms with Crippen LogP contribution in [-0.2, 0) is 4.79 Å². The topological polar surface area (TPSA) is 99.7 Å². The molecule has 164 valence electrons. The first kappa shape index (κ1) is 20.4. The predicted molar refractivity (Wildman–Crippen MR) is 124 cm³/mol. The van der Waals surface area contributed by atoms with E-state index in [1.54, 1.807) is 40.7 Å². The Morgan fingerprint density at radius 3 is 2.48 bits per heavy atom. The second kappa shape index (κ2) is 8.54. The maximum absolute atomic E-state index is 12.8. The van der Waals surface area contributed by atoms with Crippen molar-refractivity contribution in [2.45, 2.75) is 20.0 Å². The van der Waals surface area contributed by atoms with Crippen LogP contribution in [0.4, 0.5) is 5.82 Å². The van der Waals surface area contributed by atoms with Crippen LogP contribution in [-0.4, -0.2) is 41.5 Å². The number of nitrogens with one attached hydrogen (secondary N) is 1. The van der Waals surface area contributed by atoms with Gasteiger partial charge in [0.25, 0.3) is 5.91 Å². The molecule has 0 aliphatic heterocycles. The number of carbonyl (C=O) groups is 1. The maximum Gasteiger partial charge on any atom is 0.266 e. The molecule has 0 spiro atoms. The number of benzene rings is 2. The third-order valence-electron chi connectivity index (χ3n) is 5.05. The van der Waals surface area contributed by atoms with E-state index < -0.39 is 6.10 Å². The lowest BCUT2D eigenvalue weighted by Crippen LogP contribution is -2.31. The average Bonchev–Trinajstić information content (AvgIpc) is 3.43. The fourth-order valence-corrected chi connectivity index (χ4v) is 3.49. The van der Waals surface area contributed by atoms with Crippen LogP contribution in [0.15, 0.2) is 79.3 Å². The largest absolute Gasteiger partial charge is 0.481 e. The molecule has 0 aliphatic rings. The minimum absolute atomic E-state index is 0.301. The van der Waals surface area contributed by atoms with Crippen LogP contribution in [0.5, 0.6) is 5.75 Å². The minimum atomic E-state index is -0.706. The van der Waals surface area contributed by atoms with Crippen molar-refractivity contribution < 1.29 is 9.53 Å². The summed E-state index contributed by atoms with van der Waals surface area (Å²) in [6, 6.07) is 20.7. The number of anilines is 1. The van der Waals surface area contributed by atoms with Gasteiger partial charge in [-0.25, -0.2) is 14.6 Å². The summed E-state index contributed by atoms with van der Waals surface area (Å²) in [5.74, 6) is 1.32. The first-order valence-corrected chi connectivity index (χ1v) is 10.4. The molecular formula is C24H21N7O2. The number of carbonyl (C=O) groups excluding carboxylic acids is 1. The van der Waals surface area contributed by atoms with Gasteiger partial charge in [0.2, 0.25) is 0 Å². The second-order valence-corrected chi connectivity index (χ2v) is 7.47. The van der Waals surface area contributed by atoms with Gasteiger partial charge in [-0.15, -0.1) is 0 Å². The number of hydrogen-bond acceptors (Lipinski definition) is 6.